The van der Waals surface area contributed by atoms with Crippen LogP contribution in [0.4, 0.5) is 0 Å². The zero-order chi connectivity index (χ0) is 19.3. The molecule has 0 aromatic heterocycles. The summed E-state index contributed by atoms with van der Waals surface area (Å²) in [5.74, 6) is 0. The fourth-order valence-electron chi connectivity index (χ4n) is 2.32. The van der Waals surface area contributed by atoms with Crippen molar-refractivity contribution in [3.8, 4) is 0 Å². The minimum absolute atomic E-state index is 0.573. The molecular weight excluding hydrogens is 352 g/mol. The SMILES string of the molecule is CCO[SiH](CCCCN)OCC.CCO[SiH](OCC)C(C)CCCN. The summed E-state index contributed by atoms with van der Waals surface area (Å²) < 4.78 is 22.2. The number of nitrogens with two attached hydrogens (primary N) is 2. The molecule has 0 bridgehead atoms. The van der Waals surface area contributed by atoms with Crippen molar-refractivity contribution in [3.63, 3.8) is 0 Å². The summed E-state index contributed by atoms with van der Waals surface area (Å²) in [6.07, 6.45) is 4.44. The fourth-order valence-corrected chi connectivity index (χ4v) is 6.04. The van der Waals surface area contributed by atoms with Crippen molar-refractivity contribution in [3.05, 3.63) is 0 Å². The first-order valence-electron chi connectivity index (χ1n) is 9.97. The second-order valence-corrected chi connectivity index (χ2v) is 10.5. The molecule has 0 aromatic rings. The number of unbranched alkanes of at least 4 members (excludes halogenated alkanes) is 1. The second kappa shape index (κ2) is 22.2. The lowest BCUT2D eigenvalue weighted by Crippen LogP contribution is -2.28. The summed E-state index contributed by atoms with van der Waals surface area (Å²) in [6.45, 7) is 14.9. The van der Waals surface area contributed by atoms with E-state index in [0.29, 0.717) is 5.54 Å². The largest absolute Gasteiger partial charge is 0.397 e. The predicted octanol–water partition coefficient (Wildman–Crippen LogP) is 2.43. The van der Waals surface area contributed by atoms with Gasteiger partial charge < -0.3 is 29.2 Å². The monoisotopic (exact) mass is 396 g/mol. The Balaban J connectivity index is 0. The lowest BCUT2D eigenvalue weighted by Gasteiger charge is -2.21. The molecule has 0 radical (unpaired) electrons. The molecule has 1 unspecified atom stereocenters. The van der Waals surface area contributed by atoms with E-state index in [-0.39, 0.29) is 0 Å². The Morgan fingerprint density at radius 3 is 1.60 bits per heavy atom. The Morgan fingerprint density at radius 2 is 1.20 bits per heavy atom. The Morgan fingerprint density at radius 1 is 0.720 bits per heavy atom. The molecule has 0 amide bonds. The highest BCUT2D eigenvalue weighted by molar-refractivity contribution is 6.46. The minimum atomic E-state index is -1.42. The summed E-state index contributed by atoms with van der Waals surface area (Å²) in [5.41, 5.74) is 11.4. The topological polar surface area (TPSA) is 89.0 Å². The maximum atomic E-state index is 5.62. The molecule has 8 heteroatoms. The van der Waals surface area contributed by atoms with Crippen molar-refractivity contribution >= 4 is 18.6 Å². The van der Waals surface area contributed by atoms with Crippen LogP contribution in [0.2, 0.25) is 11.6 Å². The van der Waals surface area contributed by atoms with Crippen LogP contribution >= 0.6 is 0 Å². The third-order valence-electron chi connectivity index (χ3n) is 3.59. The van der Waals surface area contributed by atoms with E-state index in [1.54, 1.807) is 0 Å². The van der Waals surface area contributed by atoms with Crippen LogP contribution in [0, 0.1) is 0 Å². The van der Waals surface area contributed by atoms with Crippen LogP contribution in [-0.2, 0) is 17.7 Å². The van der Waals surface area contributed by atoms with E-state index in [1.165, 1.54) is 0 Å². The zero-order valence-electron chi connectivity index (χ0n) is 17.3. The van der Waals surface area contributed by atoms with Crippen molar-refractivity contribution in [2.24, 2.45) is 11.5 Å². The number of hydrogen-bond donors (Lipinski definition) is 2. The second-order valence-electron chi connectivity index (χ2n) is 5.81. The minimum Gasteiger partial charge on any atom is -0.397 e. The molecule has 6 nitrogen and oxygen atoms in total. The van der Waals surface area contributed by atoms with Crippen molar-refractivity contribution in [2.75, 3.05) is 39.5 Å². The van der Waals surface area contributed by atoms with Crippen molar-refractivity contribution in [2.45, 2.75) is 71.9 Å². The lowest BCUT2D eigenvalue weighted by atomic mass is 10.2. The molecule has 0 aliphatic heterocycles. The van der Waals surface area contributed by atoms with Crippen molar-refractivity contribution in [1.82, 2.24) is 0 Å². The summed E-state index contributed by atoms with van der Waals surface area (Å²) in [6, 6.07) is 1.10. The summed E-state index contributed by atoms with van der Waals surface area (Å²) in [5, 5.41) is 0. The van der Waals surface area contributed by atoms with Crippen LogP contribution in [-0.4, -0.2) is 58.1 Å². The summed E-state index contributed by atoms with van der Waals surface area (Å²) in [4.78, 5) is 0. The van der Waals surface area contributed by atoms with E-state index < -0.39 is 18.6 Å². The van der Waals surface area contributed by atoms with Gasteiger partial charge in [0.15, 0.2) is 0 Å². The van der Waals surface area contributed by atoms with Gasteiger partial charge in [-0.2, -0.15) is 0 Å². The average molecular weight is 397 g/mol. The van der Waals surface area contributed by atoms with Gasteiger partial charge in [0.2, 0.25) is 0 Å². The van der Waals surface area contributed by atoms with Gasteiger partial charge in [-0.15, -0.1) is 0 Å². The van der Waals surface area contributed by atoms with E-state index in [0.717, 1.165) is 71.2 Å². The van der Waals surface area contributed by atoms with Crippen LogP contribution < -0.4 is 11.5 Å². The fraction of sp³-hybridized carbons (Fsp3) is 1.00. The van der Waals surface area contributed by atoms with E-state index in [1.807, 2.05) is 27.7 Å². The molecule has 0 aliphatic rings. The van der Waals surface area contributed by atoms with Gasteiger partial charge in [-0.25, -0.2) is 0 Å². The van der Waals surface area contributed by atoms with Crippen molar-refractivity contribution < 1.29 is 17.7 Å². The molecule has 0 rings (SSSR count). The molecule has 0 aliphatic carbocycles. The molecule has 4 N–H and O–H groups in total. The number of rotatable bonds is 16. The normalized spacial score (nSPS) is 12.4. The van der Waals surface area contributed by atoms with E-state index in [4.69, 9.17) is 29.2 Å². The zero-order valence-corrected chi connectivity index (χ0v) is 19.6. The Kier molecular flexibility index (Phi) is 24.4. The highest BCUT2D eigenvalue weighted by Gasteiger charge is 2.20. The molecule has 0 saturated carbocycles. The average Bonchev–Trinajstić information content (AvgIpc) is 2.60. The first-order valence-corrected chi connectivity index (χ1v) is 13.3. The maximum Gasteiger partial charge on any atom is 0.324 e. The van der Waals surface area contributed by atoms with Crippen LogP contribution in [0.1, 0.15) is 60.3 Å². The third kappa shape index (κ3) is 18.8. The lowest BCUT2D eigenvalue weighted by molar-refractivity contribution is 0.203. The summed E-state index contributed by atoms with van der Waals surface area (Å²) in [7, 11) is -2.74. The molecule has 0 aromatic carbocycles. The van der Waals surface area contributed by atoms with E-state index in [2.05, 4.69) is 6.92 Å². The standard InChI is InChI=1S/C9H23NO2Si.C8H21NO2Si/c1-4-11-13(12-5-2)9(3)7-6-8-10;1-3-10-12(11-4-2)8-6-5-7-9/h9,13H,4-8,10H2,1-3H3;12H,3-9H2,1-2H3. The van der Waals surface area contributed by atoms with Gasteiger partial charge >= 0.3 is 18.6 Å². The van der Waals surface area contributed by atoms with Crippen LogP contribution in [0.3, 0.4) is 0 Å². The van der Waals surface area contributed by atoms with Crippen LogP contribution in [0.5, 0.6) is 0 Å². The highest BCUT2D eigenvalue weighted by Crippen LogP contribution is 2.17. The van der Waals surface area contributed by atoms with E-state index >= 15 is 0 Å². The molecule has 25 heavy (non-hydrogen) atoms. The van der Waals surface area contributed by atoms with Gasteiger partial charge in [-0.1, -0.05) is 13.3 Å². The Bertz CT molecular complexity index is 243. The smallest absolute Gasteiger partial charge is 0.324 e. The van der Waals surface area contributed by atoms with E-state index in [9.17, 15) is 0 Å². The Hall–Kier alpha value is 0.194. The summed E-state index contributed by atoms with van der Waals surface area (Å²) >= 11 is 0. The first-order chi connectivity index (χ1) is 12.1. The molecule has 0 heterocycles. The molecule has 0 spiro atoms. The highest BCUT2D eigenvalue weighted by atomic mass is 28.3. The molecule has 1 atom stereocenters. The van der Waals surface area contributed by atoms with Crippen molar-refractivity contribution in [1.29, 1.82) is 0 Å². The van der Waals surface area contributed by atoms with Gasteiger partial charge in [0.05, 0.1) is 0 Å². The third-order valence-corrected chi connectivity index (χ3v) is 8.47. The molecule has 0 fully saturated rings. The van der Waals surface area contributed by atoms with Crippen LogP contribution in [0.25, 0.3) is 0 Å². The number of hydrogen-bond acceptors (Lipinski definition) is 6. The Labute approximate surface area is 159 Å². The van der Waals surface area contributed by atoms with Gasteiger partial charge in [0, 0.05) is 26.4 Å². The predicted molar refractivity (Wildman–Crippen MR) is 112 cm³/mol. The molecular formula is C17H44N2O4Si2. The first kappa shape index (κ1) is 27.4. The van der Waals surface area contributed by atoms with Gasteiger partial charge in [0.25, 0.3) is 0 Å². The van der Waals surface area contributed by atoms with Crippen LogP contribution in [0.15, 0.2) is 0 Å². The van der Waals surface area contributed by atoms with Gasteiger partial charge in [-0.3, -0.25) is 0 Å². The van der Waals surface area contributed by atoms with Gasteiger partial charge in [0.1, 0.15) is 0 Å². The van der Waals surface area contributed by atoms with Gasteiger partial charge in [-0.05, 0) is 71.6 Å². The molecule has 154 valence electrons. The maximum absolute atomic E-state index is 5.62. The molecule has 0 saturated heterocycles. The quantitative estimate of drug-likeness (QED) is 0.308.